The van der Waals surface area contributed by atoms with E-state index in [2.05, 4.69) is 14.9 Å². The lowest BCUT2D eigenvalue weighted by Gasteiger charge is -2.27. The number of non-ortho nitro benzene ring substituents is 1. The van der Waals surface area contributed by atoms with Gasteiger partial charge in [0.25, 0.3) is 5.69 Å². The van der Waals surface area contributed by atoms with E-state index in [4.69, 9.17) is 4.74 Å². The number of rotatable bonds is 5. The predicted octanol–water partition coefficient (Wildman–Crippen LogP) is 3.35. The summed E-state index contributed by atoms with van der Waals surface area (Å²) in [6.45, 7) is 1.55. The average molecular weight is 365 g/mol. The Morgan fingerprint density at radius 3 is 2.78 bits per heavy atom. The molecule has 0 saturated carbocycles. The van der Waals surface area contributed by atoms with Crippen LogP contribution in [0.25, 0.3) is 21.8 Å². The number of likely N-dealkylation sites (N-methyl/N-ethyl adjacent to an activating group) is 1. The fourth-order valence-corrected chi connectivity index (χ4v) is 3.30. The van der Waals surface area contributed by atoms with E-state index in [0.29, 0.717) is 27.9 Å². The first-order valence-electron chi connectivity index (χ1n) is 8.54. The second-order valence-corrected chi connectivity index (χ2v) is 6.67. The van der Waals surface area contributed by atoms with E-state index in [-0.39, 0.29) is 5.69 Å². The lowest BCUT2D eigenvalue weighted by Crippen LogP contribution is -2.31. The molecule has 1 aliphatic rings. The van der Waals surface area contributed by atoms with Gasteiger partial charge in [-0.15, -0.1) is 0 Å². The number of aliphatic imine (C=N–C) groups is 1. The molecule has 2 aromatic carbocycles. The smallest absolute Gasteiger partial charge is 0.295 e. The van der Waals surface area contributed by atoms with E-state index in [9.17, 15) is 10.1 Å². The summed E-state index contributed by atoms with van der Waals surface area (Å²) >= 11 is 0. The van der Waals surface area contributed by atoms with E-state index in [1.54, 1.807) is 31.6 Å². The van der Waals surface area contributed by atoms with Gasteiger partial charge in [-0.2, -0.15) is 0 Å². The molecule has 0 unspecified atom stereocenters. The minimum atomic E-state index is -0.395. The molecular weight excluding hydrogens is 346 g/mol. The number of nitro groups is 1. The van der Waals surface area contributed by atoms with Crippen molar-refractivity contribution in [3.8, 4) is 5.75 Å². The maximum atomic E-state index is 11.6. The molecule has 0 atom stereocenters. The van der Waals surface area contributed by atoms with Crippen LogP contribution >= 0.6 is 0 Å². The lowest BCUT2D eigenvalue weighted by atomic mass is 10.0. The second kappa shape index (κ2) is 6.48. The van der Waals surface area contributed by atoms with Crippen LogP contribution < -0.4 is 9.64 Å². The van der Waals surface area contributed by atoms with Crippen molar-refractivity contribution in [1.82, 2.24) is 9.88 Å². The van der Waals surface area contributed by atoms with Crippen molar-refractivity contribution in [1.29, 1.82) is 0 Å². The highest BCUT2D eigenvalue weighted by molar-refractivity contribution is 6.18. The third-order valence-electron chi connectivity index (χ3n) is 4.68. The van der Waals surface area contributed by atoms with E-state index in [0.717, 1.165) is 24.2 Å². The van der Waals surface area contributed by atoms with Crippen LogP contribution in [0, 0.1) is 10.1 Å². The van der Waals surface area contributed by atoms with Gasteiger partial charge in [0.05, 0.1) is 40.6 Å². The van der Waals surface area contributed by atoms with Crippen LogP contribution in [-0.2, 0) is 0 Å². The van der Waals surface area contributed by atoms with Crippen LogP contribution in [0.5, 0.6) is 5.75 Å². The zero-order valence-electron chi connectivity index (χ0n) is 15.3. The Labute approximate surface area is 155 Å². The molecule has 0 radical (unpaired) electrons. The number of aromatic nitrogens is 1. The van der Waals surface area contributed by atoms with Gasteiger partial charge in [0.15, 0.2) is 5.52 Å². The SMILES string of the molecule is COc1ccc2nc3c([N+](=O)[O-])ccc4c3c(c2c1)N=CN4CCN(C)C. The first-order valence-corrected chi connectivity index (χ1v) is 8.54. The summed E-state index contributed by atoms with van der Waals surface area (Å²) < 4.78 is 5.33. The number of anilines is 1. The Hall–Kier alpha value is -3.26. The number of hydrogen-bond donors (Lipinski definition) is 0. The third kappa shape index (κ3) is 2.83. The maximum Gasteiger partial charge on any atom is 0.295 e. The summed E-state index contributed by atoms with van der Waals surface area (Å²) in [5.74, 6) is 0.692. The Morgan fingerprint density at radius 1 is 1.26 bits per heavy atom. The van der Waals surface area contributed by atoms with Gasteiger partial charge in [-0.3, -0.25) is 10.1 Å². The molecule has 138 valence electrons. The molecular formula is C19H19N5O3. The Bertz CT molecular complexity index is 1090. The highest BCUT2D eigenvalue weighted by atomic mass is 16.6. The van der Waals surface area contributed by atoms with E-state index < -0.39 is 4.92 Å². The molecule has 0 bridgehead atoms. The van der Waals surface area contributed by atoms with Crippen molar-refractivity contribution < 1.29 is 9.66 Å². The number of ether oxygens (including phenoxy) is 1. The normalized spacial score (nSPS) is 13.0. The van der Waals surface area contributed by atoms with Gasteiger partial charge >= 0.3 is 0 Å². The summed E-state index contributed by atoms with van der Waals surface area (Å²) in [4.78, 5) is 24.5. The number of nitro benzene ring substituents is 1. The molecule has 0 spiro atoms. The average Bonchev–Trinajstić information content (AvgIpc) is 2.66. The van der Waals surface area contributed by atoms with Crippen LogP contribution in [0.2, 0.25) is 0 Å². The van der Waals surface area contributed by atoms with Crippen LogP contribution in [0.1, 0.15) is 0 Å². The van der Waals surface area contributed by atoms with Gasteiger partial charge in [0, 0.05) is 24.5 Å². The fourth-order valence-electron chi connectivity index (χ4n) is 3.30. The molecule has 8 nitrogen and oxygen atoms in total. The third-order valence-corrected chi connectivity index (χ3v) is 4.68. The topological polar surface area (TPSA) is 84.1 Å². The molecule has 2 heterocycles. The van der Waals surface area contributed by atoms with Crippen molar-refractivity contribution in [3.63, 3.8) is 0 Å². The summed E-state index contributed by atoms with van der Waals surface area (Å²) in [5.41, 5.74) is 2.56. The molecule has 1 aliphatic heterocycles. The quantitative estimate of drug-likeness (QED) is 0.392. The predicted molar refractivity (Wildman–Crippen MR) is 107 cm³/mol. The monoisotopic (exact) mass is 365 g/mol. The van der Waals surface area contributed by atoms with Crippen molar-refractivity contribution in [3.05, 3.63) is 40.4 Å². The second-order valence-electron chi connectivity index (χ2n) is 6.67. The van der Waals surface area contributed by atoms with Gasteiger partial charge in [0.1, 0.15) is 5.75 Å². The Kier molecular flexibility index (Phi) is 4.12. The molecule has 1 aromatic heterocycles. The Balaban J connectivity index is 2.02. The molecule has 0 saturated heterocycles. The molecule has 0 fully saturated rings. The molecule has 0 aliphatic carbocycles. The van der Waals surface area contributed by atoms with Gasteiger partial charge in [0.2, 0.25) is 0 Å². The van der Waals surface area contributed by atoms with E-state index >= 15 is 0 Å². The minimum absolute atomic E-state index is 0.0163. The largest absolute Gasteiger partial charge is 0.497 e. The number of methoxy groups -OCH3 is 1. The Morgan fingerprint density at radius 2 is 2.07 bits per heavy atom. The summed E-state index contributed by atoms with van der Waals surface area (Å²) in [7, 11) is 5.60. The van der Waals surface area contributed by atoms with Gasteiger partial charge < -0.3 is 14.5 Å². The van der Waals surface area contributed by atoms with Crippen LogP contribution in [-0.4, -0.2) is 55.4 Å². The van der Waals surface area contributed by atoms with Crippen molar-refractivity contribution in [2.24, 2.45) is 4.99 Å². The maximum absolute atomic E-state index is 11.6. The van der Waals surface area contributed by atoms with Crippen molar-refractivity contribution in [2.75, 3.05) is 39.2 Å². The standard InChI is InChI=1S/C19H19N5O3/c1-22(2)8-9-23-11-20-18-13-10-12(27-3)4-5-14(13)21-19-16(24(25)26)7-6-15(23)17(18)19/h4-7,10-11H,8-9H2,1-3H3. The molecule has 8 heteroatoms. The summed E-state index contributed by atoms with van der Waals surface area (Å²) in [6, 6.07) is 8.75. The first kappa shape index (κ1) is 17.2. The van der Waals surface area contributed by atoms with Gasteiger partial charge in [-0.25, -0.2) is 9.98 Å². The number of nitrogens with zero attached hydrogens (tertiary/aromatic N) is 5. The summed E-state index contributed by atoms with van der Waals surface area (Å²) in [6.07, 6.45) is 1.78. The van der Waals surface area contributed by atoms with Crippen LogP contribution in [0.4, 0.5) is 17.1 Å². The fraction of sp³-hybridized carbons (Fsp3) is 0.263. The lowest BCUT2D eigenvalue weighted by molar-refractivity contribution is -0.383. The molecule has 3 aromatic rings. The van der Waals surface area contributed by atoms with Gasteiger partial charge in [-0.1, -0.05) is 0 Å². The number of hydrogen-bond acceptors (Lipinski definition) is 7. The van der Waals surface area contributed by atoms with Crippen LogP contribution in [0.15, 0.2) is 35.3 Å². The minimum Gasteiger partial charge on any atom is -0.497 e. The highest BCUT2D eigenvalue weighted by Gasteiger charge is 2.25. The van der Waals surface area contributed by atoms with E-state index in [1.165, 1.54) is 6.07 Å². The molecule has 27 heavy (non-hydrogen) atoms. The zero-order chi connectivity index (χ0) is 19.1. The first-order chi connectivity index (χ1) is 13.0. The number of fused-ring (bicyclic) bond motifs is 2. The number of pyridine rings is 1. The highest BCUT2D eigenvalue weighted by Crippen LogP contribution is 2.44. The molecule has 0 N–H and O–H groups in total. The van der Waals surface area contributed by atoms with Crippen molar-refractivity contribution in [2.45, 2.75) is 0 Å². The zero-order valence-corrected chi connectivity index (χ0v) is 15.3. The molecule has 0 amide bonds. The van der Waals surface area contributed by atoms with Crippen LogP contribution in [0.3, 0.4) is 0 Å². The molecule has 4 rings (SSSR count). The van der Waals surface area contributed by atoms with E-state index in [1.807, 2.05) is 25.1 Å². The number of benzene rings is 2. The van der Waals surface area contributed by atoms with Crippen molar-refractivity contribution >= 4 is 45.2 Å². The van der Waals surface area contributed by atoms with Gasteiger partial charge in [-0.05, 0) is 38.4 Å². The summed E-state index contributed by atoms with van der Waals surface area (Å²) in [5, 5.41) is 13.1.